The van der Waals surface area contributed by atoms with Crippen molar-refractivity contribution in [2.75, 3.05) is 6.61 Å². The van der Waals surface area contributed by atoms with Crippen LogP contribution in [0.25, 0.3) is 17.0 Å². The lowest BCUT2D eigenvalue weighted by Gasteiger charge is -2.15. The molecule has 3 aromatic rings. The minimum Gasteiger partial charge on any atom is -0.394 e. The molecule has 1 amide bonds. The number of aromatic amines is 2. The van der Waals surface area contributed by atoms with Gasteiger partial charge in [0, 0.05) is 42.2 Å². The highest BCUT2D eigenvalue weighted by molar-refractivity contribution is 5.85. The molecule has 0 spiro atoms. The molecule has 10 nitrogen and oxygen atoms in total. The monoisotopic (exact) mass is 440 g/mol. The molecule has 1 fully saturated rings. The fourth-order valence-electron chi connectivity index (χ4n) is 3.88. The number of amides is 1. The number of carbonyl (C=O) groups is 1. The van der Waals surface area contributed by atoms with Crippen LogP contribution in [0.3, 0.4) is 0 Å². The van der Waals surface area contributed by atoms with E-state index in [9.17, 15) is 24.6 Å². The van der Waals surface area contributed by atoms with Crippen LogP contribution in [0.4, 0.5) is 0 Å². The minimum atomic E-state index is -0.922. The molecule has 4 atom stereocenters. The topological polar surface area (TPSA) is 149 Å². The summed E-state index contributed by atoms with van der Waals surface area (Å²) in [7, 11) is 0. The van der Waals surface area contributed by atoms with E-state index in [-0.39, 0.29) is 24.5 Å². The molecular formula is C22H24N4O6. The number of aromatic nitrogens is 3. The van der Waals surface area contributed by atoms with Crippen LogP contribution >= 0.6 is 0 Å². The summed E-state index contributed by atoms with van der Waals surface area (Å²) in [5.41, 5.74) is 0.626. The van der Waals surface area contributed by atoms with Gasteiger partial charge in [-0.2, -0.15) is 0 Å². The van der Waals surface area contributed by atoms with Crippen LogP contribution in [0, 0.1) is 0 Å². The second-order valence-electron chi connectivity index (χ2n) is 7.69. The molecule has 1 unspecified atom stereocenters. The summed E-state index contributed by atoms with van der Waals surface area (Å²) in [6.07, 6.45) is 3.88. The first kappa shape index (κ1) is 21.8. The fraction of sp³-hybridized carbons (Fsp3) is 0.318. The van der Waals surface area contributed by atoms with Crippen molar-refractivity contribution in [3.8, 4) is 0 Å². The summed E-state index contributed by atoms with van der Waals surface area (Å²) in [6, 6.07) is 7.12. The molecule has 4 rings (SSSR count). The molecule has 2 aromatic heterocycles. The molecule has 0 aliphatic carbocycles. The lowest BCUT2D eigenvalue weighted by atomic mass is 10.0. The first-order valence-electron chi connectivity index (χ1n) is 10.2. The van der Waals surface area contributed by atoms with Crippen LogP contribution in [-0.2, 0) is 9.53 Å². The van der Waals surface area contributed by atoms with E-state index in [2.05, 4.69) is 15.3 Å². The van der Waals surface area contributed by atoms with E-state index in [1.54, 1.807) is 12.3 Å². The number of hydrogen-bond donors (Lipinski definition) is 5. The standard InChI is InChI=1S/C22H24N4O6/c1-12(28)24-17(15-9-23-16-5-3-2-4-14(15)16)7-6-13-10-26(22(31)25-21(13)30)20-8-18(29)19(11-27)32-20/h2-7,9-10,17-20,23,27,29H,8,11H2,1H3,(H,24,28)(H,25,30,31)/t17?,18-,19+,20+/m0/s1. The van der Waals surface area contributed by atoms with Crippen molar-refractivity contribution in [2.24, 2.45) is 0 Å². The zero-order chi connectivity index (χ0) is 22.8. The van der Waals surface area contributed by atoms with E-state index >= 15 is 0 Å². The summed E-state index contributed by atoms with van der Waals surface area (Å²) in [6.45, 7) is 1.02. The maximum atomic E-state index is 12.4. The van der Waals surface area contributed by atoms with E-state index in [0.29, 0.717) is 0 Å². The van der Waals surface area contributed by atoms with Gasteiger partial charge in [0.25, 0.3) is 5.56 Å². The summed E-state index contributed by atoms with van der Waals surface area (Å²) >= 11 is 0. The number of rotatable bonds is 6. The normalized spacial score (nSPS) is 21.9. The number of aliphatic hydroxyl groups excluding tert-OH is 2. The van der Waals surface area contributed by atoms with Crippen molar-refractivity contribution in [1.82, 2.24) is 19.9 Å². The van der Waals surface area contributed by atoms with Crippen molar-refractivity contribution >= 4 is 22.9 Å². The highest BCUT2D eigenvalue weighted by Crippen LogP contribution is 2.28. The molecule has 0 radical (unpaired) electrons. The molecule has 0 saturated carbocycles. The van der Waals surface area contributed by atoms with Crippen molar-refractivity contribution in [1.29, 1.82) is 0 Å². The van der Waals surface area contributed by atoms with Crippen molar-refractivity contribution < 1.29 is 19.7 Å². The number of benzene rings is 1. The first-order chi connectivity index (χ1) is 15.4. The van der Waals surface area contributed by atoms with Gasteiger partial charge in [-0.3, -0.25) is 19.1 Å². The van der Waals surface area contributed by atoms with Gasteiger partial charge in [0.15, 0.2) is 0 Å². The number of carbonyl (C=O) groups excluding carboxylic acids is 1. The van der Waals surface area contributed by atoms with Crippen LogP contribution in [-0.4, -0.2) is 49.5 Å². The molecular weight excluding hydrogens is 416 g/mol. The molecule has 0 bridgehead atoms. The number of aliphatic hydroxyl groups is 2. The highest BCUT2D eigenvalue weighted by Gasteiger charge is 2.35. The minimum absolute atomic E-state index is 0.101. The van der Waals surface area contributed by atoms with Gasteiger partial charge in [0.05, 0.1) is 24.3 Å². The van der Waals surface area contributed by atoms with Crippen molar-refractivity contribution in [3.05, 3.63) is 74.7 Å². The summed E-state index contributed by atoms with van der Waals surface area (Å²) in [5, 5.41) is 23.0. The third-order valence-corrected chi connectivity index (χ3v) is 5.47. The van der Waals surface area contributed by atoms with E-state index < -0.39 is 35.7 Å². The predicted octanol–water partition coefficient (Wildman–Crippen LogP) is 0.549. The number of ether oxygens (including phenoxy) is 1. The Balaban J connectivity index is 1.68. The van der Waals surface area contributed by atoms with Crippen LogP contribution in [0.15, 0.2) is 52.3 Å². The molecule has 10 heteroatoms. The van der Waals surface area contributed by atoms with E-state index in [0.717, 1.165) is 16.5 Å². The van der Waals surface area contributed by atoms with Crippen molar-refractivity contribution in [2.45, 2.75) is 37.8 Å². The zero-order valence-corrected chi connectivity index (χ0v) is 17.3. The lowest BCUT2D eigenvalue weighted by molar-refractivity contribution is -0.119. The van der Waals surface area contributed by atoms with E-state index in [1.807, 2.05) is 24.3 Å². The van der Waals surface area contributed by atoms with Gasteiger partial charge in [0.1, 0.15) is 12.3 Å². The summed E-state index contributed by atoms with van der Waals surface area (Å²) in [5.74, 6) is -0.243. The number of fused-ring (bicyclic) bond motifs is 1. The Hall–Kier alpha value is -3.47. The molecule has 1 aromatic carbocycles. The Morgan fingerprint density at radius 2 is 2.16 bits per heavy atom. The Morgan fingerprint density at radius 1 is 1.38 bits per heavy atom. The average molecular weight is 440 g/mol. The predicted molar refractivity (Wildman–Crippen MR) is 117 cm³/mol. The Morgan fingerprint density at radius 3 is 2.88 bits per heavy atom. The van der Waals surface area contributed by atoms with Gasteiger partial charge in [-0.1, -0.05) is 24.3 Å². The van der Waals surface area contributed by atoms with Crippen molar-refractivity contribution in [3.63, 3.8) is 0 Å². The van der Waals surface area contributed by atoms with Gasteiger partial charge in [-0.25, -0.2) is 4.79 Å². The van der Waals surface area contributed by atoms with Gasteiger partial charge >= 0.3 is 5.69 Å². The number of hydrogen-bond acceptors (Lipinski definition) is 6. The number of nitrogens with one attached hydrogen (secondary N) is 3. The van der Waals surface area contributed by atoms with Gasteiger partial charge in [-0.05, 0) is 12.1 Å². The number of H-pyrrole nitrogens is 2. The first-order valence-corrected chi connectivity index (χ1v) is 10.2. The fourth-order valence-corrected chi connectivity index (χ4v) is 3.88. The Labute approximate surface area is 182 Å². The maximum absolute atomic E-state index is 12.4. The summed E-state index contributed by atoms with van der Waals surface area (Å²) in [4.78, 5) is 41.9. The Bertz CT molecular complexity index is 1270. The van der Waals surface area contributed by atoms with Gasteiger partial charge in [0.2, 0.25) is 5.91 Å². The average Bonchev–Trinajstić information content (AvgIpc) is 3.35. The molecule has 1 saturated heterocycles. The highest BCUT2D eigenvalue weighted by atomic mass is 16.5. The van der Waals surface area contributed by atoms with Gasteiger partial charge < -0.3 is 25.3 Å². The molecule has 168 valence electrons. The third-order valence-electron chi connectivity index (χ3n) is 5.47. The Kier molecular flexibility index (Phi) is 6.08. The third kappa shape index (κ3) is 4.28. The molecule has 1 aliphatic heterocycles. The van der Waals surface area contributed by atoms with Crippen LogP contribution in [0.1, 0.15) is 36.7 Å². The molecule has 3 heterocycles. The van der Waals surface area contributed by atoms with E-state index in [4.69, 9.17) is 4.74 Å². The zero-order valence-electron chi connectivity index (χ0n) is 17.3. The lowest BCUT2D eigenvalue weighted by Crippen LogP contribution is -2.33. The van der Waals surface area contributed by atoms with Crippen LogP contribution < -0.4 is 16.6 Å². The van der Waals surface area contributed by atoms with E-state index in [1.165, 1.54) is 23.8 Å². The second kappa shape index (κ2) is 8.95. The molecule has 5 N–H and O–H groups in total. The number of nitrogens with zero attached hydrogens (tertiary/aromatic N) is 1. The largest absolute Gasteiger partial charge is 0.394 e. The number of para-hydroxylation sites is 1. The molecule has 1 aliphatic rings. The molecule has 32 heavy (non-hydrogen) atoms. The quantitative estimate of drug-likeness (QED) is 0.378. The summed E-state index contributed by atoms with van der Waals surface area (Å²) < 4.78 is 6.71. The van der Waals surface area contributed by atoms with Crippen LogP contribution in [0.2, 0.25) is 0 Å². The van der Waals surface area contributed by atoms with Gasteiger partial charge in [-0.15, -0.1) is 0 Å². The second-order valence-corrected chi connectivity index (χ2v) is 7.69. The maximum Gasteiger partial charge on any atom is 0.330 e. The van der Waals surface area contributed by atoms with Crippen LogP contribution in [0.5, 0.6) is 0 Å². The smallest absolute Gasteiger partial charge is 0.330 e. The SMILES string of the molecule is CC(=O)NC(C=Cc1cn([C@H]2C[C@H](O)[C@@H](CO)O2)c(=O)[nH]c1=O)c1c[nH]c2ccccc12.